The first-order chi connectivity index (χ1) is 14.4. The molecule has 3 rings (SSSR count). The fourth-order valence-electron chi connectivity index (χ4n) is 3.45. The van der Waals surface area contributed by atoms with Crippen LogP contribution in [0.5, 0.6) is 5.75 Å². The highest BCUT2D eigenvalue weighted by atomic mass is 16.5. The molecule has 1 aliphatic rings. The summed E-state index contributed by atoms with van der Waals surface area (Å²) in [5, 5.41) is 2.83. The van der Waals surface area contributed by atoms with Crippen LogP contribution in [0, 0.1) is 0 Å². The number of para-hydroxylation sites is 2. The van der Waals surface area contributed by atoms with Crippen LogP contribution in [-0.4, -0.2) is 48.9 Å². The zero-order chi connectivity index (χ0) is 21.7. The number of hydrogen-bond acceptors (Lipinski definition) is 4. The fourth-order valence-corrected chi connectivity index (χ4v) is 3.45. The Morgan fingerprint density at radius 1 is 1.20 bits per heavy atom. The molecule has 0 bridgehead atoms. The Labute approximate surface area is 176 Å². The van der Waals surface area contributed by atoms with Crippen molar-refractivity contribution in [3.63, 3.8) is 0 Å². The minimum Gasteiger partial charge on any atom is -0.484 e. The van der Waals surface area contributed by atoms with Crippen molar-refractivity contribution in [3.05, 3.63) is 54.1 Å². The second-order valence-electron chi connectivity index (χ2n) is 7.42. The Kier molecular flexibility index (Phi) is 6.72. The third kappa shape index (κ3) is 4.97. The summed E-state index contributed by atoms with van der Waals surface area (Å²) in [4.78, 5) is 40.6. The van der Waals surface area contributed by atoms with Gasteiger partial charge in [-0.2, -0.15) is 0 Å². The molecule has 1 atom stereocenters. The molecule has 0 saturated heterocycles. The summed E-state index contributed by atoms with van der Waals surface area (Å²) in [7, 11) is 1.57. The lowest BCUT2D eigenvalue weighted by atomic mass is 10.1. The number of ether oxygens (including phenoxy) is 1. The molecule has 2 aromatic carbocycles. The molecule has 158 valence electrons. The lowest BCUT2D eigenvalue weighted by molar-refractivity contribution is -0.135. The predicted molar refractivity (Wildman–Crippen MR) is 116 cm³/mol. The first kappa shape index (κ1) is 21.4. The second-order valence-corrected chi connectivity index (χ2v) is 7.42. The summed E-state index contributed by atoms with van der Waals surface area (Å²) in [6.45, 7) is 3.62. The van der Waals surface area contributed by atoms with Gasteiger partial charge in [-0.1, -0.05) is 31.2 Å². The number of likely N-dealkylation sites (N-methyl/N-ethyl adjacent to an activating group) is 1. The third-order valence-corrected chi connectivity index (χ3v) is 5.10. The maximum absolute atomic E-state index is 13.1. The van der Waals surface area contributed by atoms with Crippen molar-refractivity contribution in [3.8, 4) is 5.75 Å². The Balaban J connectivity index is 1.65. The van der Waals surface area contributed by atoms with Gasteiger partial charge in [0.15, 0.2) is 6.61 Å². The Bertz CT molecular complexity index is 944. The summed E-state index contributed by atoms with van der Waals surface area (Å²) in [6, 6.07) is 14.4. The average molecular weight is 409 g/mol. The highest BCUT2D eigenvalue weighted by Crippen LogP contribution is 2.31. The van der Waals surface area contributed by atoms with E-state index in [1.165, 1.54) is 4.90 Å². The van der Waals surface area contributed by atoms with Crippen molar-refractivity contribution >= 4 is 29.1 Å². The topological polar surface area (TPSA) is 79.0 Å². The first-order valence-electron chi connectivity index (χ1n) is 10.1. The molecule has 1 heterocycles. The van der Waals surface area contributed by atoms with Crippen molar-refractivity contribution in [2.75, 3.05) is 30.4 Å². The molecule has 0 radical (unpaired) electrons. The predicted octanol–water partition coefficient (Wildman–Crippen LogP) is 2.85. The first-order valence-corrected chi connectivity index (χ1v) is 10.1. The fraction of sp³-hybridized carbons (Fsp3) is 0.348. The zero-order valence-corrected chi connectivity index (χ0v) is 17.6. The number of aryl methyl sites for hydroxylation is 1. The van der Waals surface area contributed by atoms with Crippen LogP contribution >= 0.6 is 0 Å². The molecule has 7 nitrogen and oxygen atoms in total. The summed E-state index contributed by atoms with van der Waals surface area (Å²) in [6.07, 6.45) is 1.07. The number of carbonyl (C=O) groups is 3. The molecule has 0 fully saturated rings. The van der Waals surface area contributed by atoms with E-state index in [9.17, 15) is 14.4 Å². The lowest BCUT2D eigenvalue weighted by Crippen LogP contribution is -2.46. The molecule has 1 N–H and O–H groups in total. The minimum absolute atomic E-state index is 0.107. The van der Waals surface area contributed by atoms with E-state index in [0.29, 0.717) is 17.1 Å². The van der Waals surface area contributed by atoms with Gasteiger partial charge < -0.3 is 19.9 Å². The number of nitrogens with one attached hydrogen (secondary N) is 1. The van der Waals surface area contributed by atoms with Gasteiger partial charge in [-0.05, 0) is 43.2 Å². The molecular formula is C23H27N3O4. The average Bonchev–Trinajstić information content (AvgIpc) is 2.86. The number of anilines is 2. The molecule has 0 saturated carbocycles. The molecule has 7 heteroatoms. The van der Waals surface area contributed by atoms with E-state index >= 15 is 0 Å². The van der Waals surface area contributed by atoms with Gasteiger partial charge >= 0.3 is 0 Å². The zero-order valence-electron chi connectivity index (χ0n) is 17.6. The van der Waals surface area contributed by atoms with Gasteiger partial charge in [-0.15, -0.1) is 0 Å². The molecular weight excluding hydrogens is 382 g/mol. The molecule has 2 aromatic rings. The van der Waals surface area contributed by atoms with E-state index in [-0.39, 0.29) is 43.3 Å². The Morgan fingerprint density at radius 2 is 1.97 bits per heavy atom. The van der Waals surface area contributed by atoms with Gasteiger partial charge in [0.05, 0.1) is 17.9 Å². The number of carbonyl (C=O) groups excluding carboxylic acids is 3. The summed E-state index contributed by atoms with van der Waals surface area (Å²) >= 11 is 0. The maximum Gasteiger partial charge on any atom is 0.260 e. The van der Waals surface area contributed by atoms with Gasteiger partial charge in [0, 0.05) is 19.5 Å². The summed E-state index contributed by atoms with van der Waals surface area (Å²) in [5.74, 6) is -0.0648. The summed E-state index contributed by atoms with van der Waals surface area (Å²) in [5.41, 5.74) is 2.35. The number of amides is 3. The van der Waals surface area contributed by atoms with Crippen molar-refractivity contribution in [2.45, 2.75) is 32.7 Å². The van der Waals surface area contributed by atoms with Gasteiger partial charge in [-0.25, -0.2) is 0 Å². The van der Waals surface area contributed by atoms with Crippen LogP contribution in [0.25, 0.3) is 0 Å². The summed E-state index contributed by atoms with van der Waals surface area (Å²) < 4.78 is 5.60. The molecule has 0 aliphatic carbocycles. The number of benzene rings is 2. The van der Waals surface area contributed by atoms with Crippen LogP contribution in [0.3, 0.4) is 0 Å². The number of hydrogen-bond donors (Lipinski definition) is 1. The highest BCUT2D eigenvalue weighted by molar-refractivity contribution is 6.05. The van der Waals surface area contributed by atoms with Crippen LogP contribution in [-0.2, 0) is 20.8 Å². The standard InChI is InChI=1S/C23H27N3O4/c1-4-17-8-7-9-18(13-17)30-15-23(29)25(3)14-22(28)26-16(2)12-21(27)24-19-10-5-6-11-20(19)26/h5-11,13,16H,4,12,14-15H2,1-3H3,(H,24,27). The Hall–Kier alpha value is -3.35. The quantitative estimate of drug-likeness (QED) is 0.796. The van der Waals surface area contributed by atoms with E-state index in [1.54, 1.807) is 36.2 Å². The second kappa shape index (κ2) is 9.43. The van der Waals surface area contributed by atoms with Crippen molar-refractivity contribution in [2.24, 2.45) is 0 Å². The van der Waals surface area contributed by atoms with E-state index in [0.717, 1.165) is 12.0 Å². The SMILES string of the molecule is CCc1cccc(OCC(=O)N(C)CC(=O)N2c3ccccc3NC(=O)CC2C)c1. The smallest absolute Gasteiger partial charge is 0.260 e. The van der Waals surface area contributed by atoms with E-state index in [1.807, 2.05) is 31.2 Å². The van der Waals surface area contributed by atoms with Gasteiger partial charge in [0.25, 0.3) is 5.91 Å². The molecule has 0 aromatic heterocycles. The van der Waals surface area contributed by atoms with Crippen LogP contribution in [0.1, 0.15) is 25.8 Å². The molecule has 30 heavy (non-hydrogen) atoms. The van der Waals surface area contributed by atoms with Crippen molar-refractivity contribution in [1.29, 1.82) is 0 Å². The lowest BCUT2D eigenvalue weighted by Gasteiger charge is -2.29. The van der Waals surface area contributed by atoms with Crippen LogP contribution in [0.15, 0.2) is 48.5 Å². The molecule has 0 spiro atoms. The number of fused-ring (bicyclic) bond motifs is 1. The van der Waals surface area contributed by atoms with E-state index in [2.05, 4.69) is 12.2 Å². The van der Waals surface area contributed by atoms with Crippen LogP contribution in [0.4, 0.5) is 11.4 Å². The van der Waals surface area contributed by atoms with Crippen LogP contribution in [0.2, 0.25) is 0 Å². The Morgan fingerprint density at radius 3 is 2.73 bits per heavy atom. The van der Waals surface area contributed by atoms with Crippen molar-refractivity contribution in [1.82, 2.24) is 4.90 Å². The highest BCUT2D eigenvalue weighted by Gasteiger charge is 2.30. The van der Waals surface area contributed by atoms with Crippen molar-refractivity contribution < 1.29 is 19.1 Å². The van der Waals surface area contributed by atoms with Gasteiger partial charge in [-0.3, -0.25) is 14.4 Å². The monoisotopic (exact) mass is 409 g/mol. The normalized spacial score (nSPS) is 15.6. The molecule has 3 amide bonds. The van der Waals surface area contributed by atoms with Gasteiger partial charge in [0.1, 0.15) is 5.75 Å². The number of rotatable bonds is 6. The van der Waals surface area contributed by atoms with Crippen LogP contribution < -0.4 is 15.0 Å². The van der Waals surface area contributed by atoms with E-state index in [4.69, 9.17) is 4.74 Å². The third-order valence-electron chi connectivity index (χ3n) is 5.10. The maximum atomic E-state index is 13.1. The molecule has 1 aliphatic heterocycles. The largest absolute Gasteiger partial charge is 0.484 e. The van der Waals surface area contributed by atoms with E-state index < -0.39 is 0 Å². The molecule has 1 unspecified atom stereocenters. The number of nitrogens with zero attached hydrogens (tertiary/aromatic N) is 2. The van der Waals surface area contributed by atoms with Gasteiger partial charge in [0.2, 0.25) is 11.8 Å². The minimum atomic E-state index is -0.322.